The van der Waals surface area contributed by atoms with E-state index >= 15 is 4.79 Å². The maximum absolute atomic E-state index is 15.3. The van der Waals surface area contributed by atoms with E-state index in [4.69, 9.17) is 18.9 Å². The third kappa shape index (κ3) is 5.20. The molecule has 0 amide bonds. The summed E-state index contributed by atoms with van der Waals surface area (Å²) >= 11 is 0. The number of nitrogens with zero attached hydrogens (tertiary/aromatic N) is 3. The SMILES string of the molecule is CC[C@]1(O)C[C@H]2CN(CCc3c([nH]c4ccccc34)[C@@](C(=O)OC)(c3cc4c(cc3OC)N(C)C3[C@]45CCN4CC=C[C@](CC)(C45)[C@@H](OC(C)=O)[C@]3(O)C(=O)OC)C2)C1. The lowest BCUT2D eigenvalue weighted by atomic mass is 9.47. The summed E-state index contributed by atoms with van der Waals surface area (Å²) in [6, 6.07) is 11.0. The van der Waals surface area contributed by atoms with Crippen molar-refractivity contribution in [1.82, 2.24) is 14.8 Å². The van der Waals surface area contributed by atoms with Crippen molar-refractivity contribution in [1.29, 1.82) is 0 Å². The molecule has 3 unspecified atom stereocenters. The number of hydrogen-bond acceptors (Lipinski definition) is 12. The average Bonchev–Trinajstić information content (AvgIpc) is 3.90. The van der Waals surface area contributed by atoms with Crippen molar-refractivity contribution in [3.63, 3.8) is 0 Å². The maximum atomic E-state index is 15.3. The number of ether oxygens (including phenoxy) is 4. The Morgan fingerprint density at radius 3 is 2.41 bits per heavy atom. The number of rotatable bonds is 7. The zero-order chi connectivity index (χ0) is 41.9. The first-order valence-electron chi connectivity index (χ1n) is 21.2. The van der Waals surface area contributed by atoms with Crippen LogP contribution in [0.1, 0.15) is 75.3 Å². The molecule has 6 heterocycles. The van der Waals surface area contributed by atoms with E-state index in [9.17, 15) is 19.8 Å². The van der Waals surface area contributed by atoms with E-state index in [2.05, 4.69) is 39.1 Å². The van der Waals surface area contributed by atoms with Gasteiger partial charge in [0.2, 0.25) is 5.60 Å². The molecule has 2 aromatic carbocycles. The number of likely N-dealkylation sites (N-methyl/N-ethyl adjacent to an activating group) is 1. The first-order valence-corrected chi connectivity index (χ1v) is 21.2. The molecule has 1 aliphatic carbocycles. The van der Waals surface area contributed by atoms with Crippen molar-refractivity contribution >= 4 is 34.5 Å². The molecule has 3 N–H and O–H groups in total. The highest BCUT2D eigenvalue weighted by molar-refractivity contribution is 5.95. The van der Waals surface area contributed by atoms with Gasteiger partial charge in [0.05, 0.1) is 33.0 Å². The van der Waals surface area contributed by atoms with Gasteiger partial charge in [-0.2, -0.15) is 0 Å². The Labute approximate surface area is 345 Å². The van der Waals surface area contributed by atoms with Gasteiger partial charge in [0.1, 0.15) is 11.2 Å². The third-order valence-electron chi connectivity index (χ3n) is 15.6. The summed E-state index contributed by atoms with van der Waals surface area (Å²) in [7, 11) is 6.15. The standard InChI is InChI=1S/C46H58N4O9/c1-8-42(54)23-28-24-45(40(52)57-6,36-30(15-19-49(25-28)26-42)29-13-10-11-14-33(29)47-36)32-21-31-34(22-35(32)56-5)48(4)38-44(31)17-20-50-18-12-16-43(9-2,37(44)50)39(59-27(3)51)46(38,55)41(53)58-7/h10-14,16,21-22,28,37-39,47,54-55H,8-9,15,17-20,23-26H2,1-7H3/t28-,37?,38?,39-,42+,43-,44-,45+,46+/m1/s1. The molecule has 5 aliphatic heterocycles. The van der Waals surface area contributed by atoms with Crippen LogP contribution in [0.4, 0.5) is 5.69 Å². The van der Waals surface area contributed by atoms with Crippen LogP contribution in [-0.4, -0.2) is 133 Å². The number of carbonyl (C=O) groups excluding carboxylic acids is 3. The van der Waals surface area contributed by atoms with E-state index in [1.807, 2.05) is 50.1 Å². The molecule has 6 aliphatic rings. The van der Waals surface area contributed by atoms with Crippen molar-refractivity contribution < 1.29 is 43.5 Å². The average molecular weight is 811 g/mol. The minimum absolute atomic E-state index is 0.0986. The van der Waals surface area contributed by atoms with Crippen LogP contribution in [0.5, 0.6) is 5.75 Å². The summed E-state index contributed by atoms with van der Waals surface area (Å²) in [5.74, 6) is -1.56. The van der Waals surface area contributed by atoms with Crippen LogP contribution in [-0.2, 0) is 45.8 Å². The number of nitrogens with one attached hydrogen (secondary N) is 1. The van der Waals surface area contributed by atoms with Crippen LogP contribution >= 0.6 is 0 Å². The van der Waals surface area contributed by atoms with Crippen molar-refractivity contribution in [2.75, 3.05) is 66.0 Å². The van der Waals surface area contributed by atoms with Crippen molar-refractivity contribution in [3.05, 3.63) is 70.9 Å². The highest BCUT2D eigenvalue weighted by Crippen LogP contribution is 2.68. The normalized spacial score (nSPS) is 37.0. The Morgan fingerprint density at radius 1 is 0.949 bits per heavy atom. The molecule has 13 nitrogen and oxygen atoms in total. The van der Waals surface area contributed by atoms with E-state index in [1.54, 1.807) is 7.11 Å². The number of H-pyrrole nitrogens is 1. The Kier molecular flexibility index (Phi) is 9.36. The van der Waals surface area contributed by atoms with E-state index in [0.717, 1.165) is 33.4 Å². The van der Waals surface area contributed by atoms with Crippen molar-refractivity contribution in [2.45, 2.75) is 99.5 Å². The highest BCUT2D eigenvalue weighted by Gasteiger charge is 2.80. The molecular weight excluding hydrogens is 753 g/mol. The molecule has 2 saturated heterocycles. The topological polar surface area (TPSA) is 154 Å². The number of methoxy groups -OCH3 is 3. The van der Waals surface area contributed by atoms with Crippen LogP contribution in [0.25, 0.3) is 10.9 Å². The number of carbonyl (C=O) groups is 3. The Balaban J connectivity index is 1.36. The summed E-state index contributed by atoms with van der Waals surface area (Å²) in [6.07, 6.45) is 5.94. The Bertz CT molecular complexity index is 2260. The van der Waals surface area contributed by atoms with Crippen molar-refractivity contribution in [2.24, 2.45) is 11.3 Å². The van der Waals surface area contributed by atoms with Gasteiger partial charge in [0.25, 0.3) is 0 Å². The Hall–Kier alpha value is -4.43. The number of piperidine rings is 1. The lowest BCUT2D eigenvalue weighted by Crippen LogP contribution is -2.81. The van der Waals surface area contributed by atoms with E-state index < -0.39 is 57.5 Å². The van der Waals surface area contributed by atoms with Crippen LogP contribution in [0.2, 0.25) is 0 Å². The molecule has 3 fully saturated rings. The zero-order valence-corrected chi connectivity index (χ0v) is 35.3. The second-order valence-corrected chi connectivity index (χ2v) is 18.2. The smallest absolute Gasteiger partial charge is 0.344 e. The van der Waals surface area contributed by atoms with Gasteiger partial charge < -0.3 is 39.0 Å². The lowest BCUT2D eigenvalue weighted by Gasteiger charge is -2.63. The van der Waals surface area contributed by atoms with E-state index in [-0.39, 0.29) is 12.0 Å². The molecule has 9 rings (SSSR count). The molecule has 1 spiro atoms. The molecule has 13 heteroatoms. The minimum atomic E-state index is -2.30. The fourth-order valence-electron chi connectivity index (χ4n) is 13.5. The predicted molar refractivity (Wildman–Crippen MR) is 220 cm³/mol. The van der Waals surface area contributed by atoms with E-state index in [0.29, 0.717) is 82.6 Å². The number of anilines is 1. The summed E-state index contributed by atoms with van der Waals surface area (Å²) in [5, 5.41) is 26.3. The molecule has 3 aromatic rings. The first-order chi connectivity index (χ1) is 28.2. The molecule has 2 bridgehead atoms. The third-order valence-corrected chi connectivity index (χ3v) is 15.6. The highest BCUT2D eigenvalue weighted by atomic mass is 16.6. The molecule has 1 aromatic heterocycles. The van der Waals surface area contributed by atoms with E-state index in [1.165, 1.54) is 21.1 Å². The number of aromatic nitrogens is 1. The maximum Gasteiger partial charge on any atom is 0.344 e. The predicted octanol–water partition coefficient (Wildman–Crippen LogP) is 3.99. The molecule has 10 atom stereocenters. The lowest BCUT2D eigenvalue weighted by molar-refractivity contribution is -0.228. The largest absolute Gasteiger partial charge is 0.496 e. The number of benzene rings is 2. The van der Waals surface area contributed by atoms with Gasteiger partial charge in [0.15, 0.2) is 6.10 Å². The molecule has 316 valence electrons. The second-order valence-electron chi connectivity index (χ2n) is 18.2. The minimum Gasteiger partial charge on any atom is -0.496 e. The van der Waals surface area contributed by atoms with Crippen LogP contribution in [0, 0.1) is 11.3 Å². The van der Waals surface area contributed by atoms with Crippen molar-refractivity contribution in [3.8, 4) is 5.75 Å². The molecule has 1 saturated carbocycles. The van der Waals surface area contributed by atoms with Gasteiger partial charge in [-0.15, -0.1) is 0 Å². The monoisotopic (exact) mass is 810 g/mol. The van der Waals surface area contributed by atoms with Gasteiger partial charge in [-0.3, -0.25) is 19.4 Å². The number of aromatic amines is 1. The summed E-state index contributed by atoms with van der Waals surface area (Å²) < 4.78 is 23.9. The zero-order valence-electron chi connectivity index (χ0n) is 35.3. The van der Waals surface area contributed by atoms with Gasteiger partial charge in [0, 0.05) is 90.9 Å². The Morgan fingerprint density at radius 2 is 1.71 bits per heavy atom. The number of esters is 3. The summed E-state index contributed by atoms with van der Waals surface area (Å²) in [5.41, 5.74) is -1.62. The molecular formula is C46H58N4O9. The fraction of sp³-hybridized carbons (Fsp3) is 0.587. The van der Waals surface area contributed by atoms with Crippen LogP contribution < -0.4 is 9.64 Å². The number of para-hydroxylation sites is 1. The summed E-state index contributed by atoms with van der Waals surface area (Å²) in [4.78, 5) is 53.2. The molecule has 59 heavy (non-hydrogen) atoms. The van der Waals surface area contributed by atoms with Gasteiger partial charge in [-0.25, -0.2) is 4.79 Å². The van der Waals surface area contributed by atoms with Gasteiger partial charge in [-0.05, 0) is 74.2 Å². The van der Waals surface area contributed by atoms with Crippen LogP contribution in [0.3, 0.4) is 0 Å². The fourth-order valence-corrected chi connectivity index (χ4v) is 13.5. The quantitative estimate of drug-likeness (QED) is 0.180. The number of fused-ring (bicyclic) bond motifs is 6. The van der Waals surface area contributed by atoms with Gasteiger partial charge >= 0.3 is 17.9 Å². The van der Waals surface area contributed by atoms with Gasteiger partial charge in [-0.1, -0.05) is 44.2 Å². The molecule has 0 radical (unpaired) electrons. The number of aliphatic hydroxyl groups is 2. The summed E-state index contributed by atoms with van der Waals surface area (Å²) in [6.45, 7) is 8.62. The number of hydrogen-bond donors (Lipinski definition) is 3. The first kappa shape index (κ1) is 40.0. The van der Waals surface area contributed by atoms with Crippen LogP contribution in [0.15, 0.2) is 48.6 Å². The second kappa shape index (κ2) is 13.8.